The van der Waals surface area contributed by atoms with Crippen LogP contribution in [-0.4, -0.2) is 25.7 Å². The first-order chi connectivity index (χ1) is 5.79. The van der Waals surface area contributed by atoms with Crippen molar-refractivity contribution in [3.05, 3.63) is 0 Å². The van der Waals surface area contributed by atoms with Gasteiger partial charge in [-0.15, -0.1) is 0 Å². The second kappa shape index (κ2) is 5.55. The van der Waals surface area contributed by atoms with E-state index >= 15 is 0 Å². The van der Waals surface area contributed by atoms with E-state index in [1.165, 1.54) is 19.3 Å². The van der Waals surface area contributed by atoms with Crippen LogP contribution in [0.2, 0.25) is 0 Å². The molecule has 0 aromatic heterocycles. The summed E-state index contributed by atoms with van der Waals surface area (Å²) in [5.74, 6) is 0.863. The summed E-state index contributed by atoms with van der Waals surface area (Å²) in [5, 5.41) is 6.94. The SMILES string of the molecule is CC(C)CCCC1CNCCN1. The van der Waals surface area contributed by atoms with Gasteiger partial charge in [0.1, 0.15) is 0 Å². The van der Waals surface area contributed by atoms with E-state index in [4.69, 9.17) is 0 Å². The lowest BCUT2D eigenvalue weighted by molar-refractivity contribution is 0.379. The minimum atomic E-state index is 0.734. The van der Waals surface area contributed by atoms with Crippen LogP contribution in [0.25, 0.3) is 0 Å². The zero-order chi connectivity index (χ0) is 8.81. The highest BCUT2D eigenvalue weighted by Crippen LogP contribution is 2.08. The van der Waals surface area contributed by atoms with Crippen LogP contribution >= 0.6 is 0 Å². The Morgan fingerprint density at radius 1 is 1.33 bits per heavy atom. The van der Waals surface area contributed by atoms with Gasteiger partial charge in [-0.25, -0.2) is 0 Å². The molecule has 1 fully saturated rings. The highest BCUT2D eigenvalue weighted by atomic mass is 15.0. The van der Waals surface area contributed by atoms with Gasteiger partial charge in [0.25, 0.3) is 0 Å². The van der Waals surface area contributed by atoms with Crippen molar-refractivity contribution in [2.45, 2.75) is 39.2 Å². The summed E-state index contributed by atoms with van der Waals surface area (Å²) in [7, 11) is 0. The largest absolute Gasteiger partial charge is 0.314 e. The van der Waals surface area contributed by atoms with E-state index in [2.05, 4.69) is 24.5 Å². The fourth-order valence-electron chi connectivity index (χ4n) is 1.69. The molecule has 0 aromatic rings. The Bertz CT molecular complexity index is 106. The zero-order valence-corrected chi connectivity index (χ0v) is 8.40. The van der Waals surface area contributed by atoms with Crippen LogP contribution in [0.15, 0.2) is 0 Å². The van der Waals surface area contributed by atoms with Crippen molar-refractivity contribution in [2.75, 3.05) is 19.6 Å². The standard InChI is InChI=1S/C10H22N2/c1-9(2)4-3-5-10-8-11-6-7-12-10/h9-12H,3-8H2,1-2H3. The lowest BCUT2D eigenvalue weighted by Crippen LogP contribution is -2.48. The number of hydrogen-bond donors (Lipinski definition) is 2. The van der Waals surface area contributed by atoms with Gasteiger partial charge in [-0.1, -0.05) is 26.7 Å². The molecule has 0 bridgehead atoms. The zero-order valence-electron chi connectivity index (χ0n) is 8.40. The van der Waals surface area contributed by atoms with E-state index in [-0.39, 0.29) is 0 Å². The molecule has 72 valence electrons. The summed E-state index contributed by atoms with van der Waals surface area (Å²) in [5.41, 5.74) is 0. The van der Waals surface area contributed by atoms with Crippen molar-refractivity contribution in [3.8, 4) is 0 Å². The first-order valence-corrected chi connectivity index (χ1v) is 5.23. The molecule has 0 saturated carbocycles. The molecule has 1 heterocycles. The molecule has 1 rings (SSSR count). The predicted octanol–water partition coefficient (Wildman–Crippen LogP) is 1.37. The maximum atomic E-state index is 3.53. The van der Waals surface area contributed by atoms with E-state index < -0.39 is 0 Å². The van der Waals surface area contributed by atoms with E-state index in [0.717, 1.165) is 31.6 Å². The first kappa shape index (κ1) is 10.0. The third-order valence-electron chi connectivity index (χ3n) is 2.46. The molecular weight excluding hydrogens is 148 g/mol. The minimum Gasteiger partial charge on any atom is -0.314 e. The highest BCUT2D eigenvalue weighted by molar-refractivity contribution is 4.74. The highest BCUT2D eigenvalue weighted by Gasteiger charge is 2.10. The van der Waals surface area contributed by atoms with Gasteiger partial charge in [-0.2, -0.15) is 0 Å². The third-order valence-corrected chi connectivity index (χ3v) is 2.46. The molecule has 2 nitrogen and oxygen atoms in total. The van der Waals surface area contributed by atoms with Gasteiger partial charge in [0.2, 0.25) is 0 Å². The lowest BCUT2D eigenvalue weighted by Gasteiger charge is -2.24. The summed E-state index contributed by atoms with van der Waals surface area (Å²) in [6.07, 6.45) is 4.08. The Hall–Kier alpha value is -0.0800. The molecule has 0 radical (unpaired) electrons. The van der Waals surface area contributed by atoms with E-state index in [1.54, 1.807) is 0 Å². The summed E-state index contributed by atoms with van der Waals surface area (Å²) < 4.78 is 0. The van der Waals surface area contributed by atoms with Gasteiger partial charge in [-0.3, -0.25) is 0 Å². The molecule has 1 unspecified atom stereocenters. The van der Waals surface area contributed by atoms with Gasteiger partial charge >= 0.3 is 0 Å². The lowest BCUT2D eigenvalue weighted by atomic mass is 10.0. The van der Waals surface area contributed by atoms with Gasteiger partial charge in [0.15, 0.2) is 0 Å². The first-order valence-electron chi connectivity index (χ1n) is 5.23. The Balaban J connectivity index is 1.98. The summed E-state index contributed by atoms with van der Waals surface area (Å²) >= 11 is 0. The van der Waals surface area contributed by atoms with Gasteiger partial charge in [0, 0.05) is 25.7 Å². The monoisotopic (exact) mass is 170 g/mol. The normalized spacial score (nSPS) is 24.8. The molecule has 1 aliphatic heterocycles. The topological polar surface area (TPSA) is 24.1 Å². The average Bonchev–Trinajstić information content (AvgIpc) is 2.05. The van der Waals surface area contributed by atoms with E-state index in [9.17, 15) is 0 Å². The van der Waals surface area contributed by atoms with Crippen molar-refractivity contribution in [2.24, 2.45) is 5.92 Å². The van der Waals surface area contributed by atoms with Crippen molar-refractivity contribution in [3.63, 3.8) is 0 Å². The van der Waals surface area contributed by atoms with Crippen molar-refractivity contribution < 1.29 is 0 Å². The maximum Gasteiger partial charge on any atom is 0.0193 e. The third kappa shape index (κ3) is 4.07. The van der Waals surface area contributed by atoms with Crippen molar-refractivity contribution >= 4 is 0 Å². The van der Waals surface area contributed by atoms with Gasteiger partial charge in [-0.05, 0) is 12.3 Å². The predicted molar refractivity (Wildman–Crippen MR) is 53.3 cm³/mol. The summed E-state index contributed by atoms with van der Waals surface area (Å²) in [4.78, 5) is 0. The molecule has 1 saturated heterocycles. The number of piperazine rings is 1. The fourth-order valence-corrected chi connectivity index (χ4v) is 1.69. The van der Waals surface area contributed by atoms with Crippen LogP contribution in [0.1, 0.15) is 33.1 Å². The molecule has 2 heteroatoms. The second-order valence-electron chi connectivity index (χ2n) is 4.18. The Labute approximate surface area is 76.1 Å². The van der Waals surface area contributed by atoms with Gasteiger partial charge < -0.3 is 10.6 Å². The van der Waals surface area contributed by atoms with E-state index in [0.29, 0.717) is 0 Å². The Morgan fingerprint density at radius 2 is 2.17 bits per heavy atom. The van der Waals surface area contributed by atoms with Gasteiger partial charge in [0.05, 0.1) is 0 Å². The summed E-state index contributed by atoms with van der Waals surface area (Å²) in [6.45, 7) is 8.05. The maximum absolute atomic E-state index is 3.53. The number of rotatable bonds is 4. The molecule has 0 spiro atoms. The summed E-state index contributed by atoms with van der Waals surface area (Å²) in [6, 6.07) is 0.734. The Kier molecular flexibility index (Phi) is 4.62. The molecule has 0 aliphatic carbocycles. The minimum absolute atomic E-state index is 0.734. The molecule has 2 N–H and O–H groups in total. The van der Waals surface area contributed by atoms with Crippen LogP contribution in [-0.2, 0) is 0 Å². The second-order valence-corrected chi connectivity index (χ2v) is 4.18. The molecule has 1 atom stereocenters. The number of nitrogens with one attached hydrogen (secondary N) is 2. The Morgan fingerprint density at radius 3 is 2.75 bits per heavy atom. The molecular formula is C10H22N2. The van der Waals surface area contributed by atoms with E-state index in [1.807, 2.05) is 0 Å². The quantitative estimate of drug-likeness (QED) is 0.666. The van der Waals surface area contributed by atoms with Crippen LogP contribution in [0.5, 0.6) is 0 Å². The molecule has 12 heavy (non-hydrogen) atoms. The van der Waals surface area contributed by atoms with Crippen LogP contribution in [0.4, 0.5) is 0 Å². The average molecular weight is 170 g/mol. The smallest absolute Gasteiger partial charge is 0.0193 e. The fraction of sp³-hybridized carbons (Fsp3) is 1.00. The molecule has 1 aliphatic rings. The number of hydrogen-bond acceptors (Lipinski definition) is 2. The molecule has 0 amide bonds. The van der Waals surface area contributed by atoms with Crippen LogP contribution in [0.3, 0.4) is 0 Å². The van der Waals surface area contributed by atoms with Crippen molar-refractivity contribution in [1.82, 2.24) is 10.6 Å². The van der Waals surface area contributed by atoms with Crippen LogP contribution < -0.4 is 10.6 Å². The molecule has 0 aromatic carbocycles. The van der Waals surface area contributed by atoms with Crippen LogP contribution in [0, 0.1) is 5.92 Å². The van der Waals surface area contributed by atoms with Crippen molar-refractivity contribution in [1.29, 1.82) is 0 Å².